The fourth-order valence-electron chi connectivity index (χ4n) is 3.40. The van der Waals surface area contributed by atoms with Gasteiger partial charge in [0.1, 0.15) is 0 Å². The number of aliphatic carboxylic acids is 1. The molecule has 21 heavy (non-hydrogen) atoms. The molecule has 2 fully saturated rings. The van der Waals surface area contributed by atoms with Crippen LogP contribution in [0.4, 0.5) is 0 Å². The van der Waals surface area contributed by atoms with Gasteiger partial charge >= 0.3 is 5.97 Å². The lowest BCUT2D eigenvalue weighted by atomic mass is 9.94. The average molecular weight is 296 g/mol. The molecule has 1 N–H and O–H groups in total. The smallest absolute Gasteiger partial charge is 0.307 e. The Morgan fingerprint density at radius 2 is 1.57 bits per heavy atom. The number of hydrogen-bond donors (Lipinski definition) is 1. The molecule has 1 aliphatic carbocycles. The van der Waals surface area contributed by atoms with E-state index in [0.717, 1.165) is 12.8 Å². The monoisotopic (exact) mass is 296 g/mol. The summed E-state index contributed by atoms with van der Waals surface area (Å²) in [5.41, 5.74) is 0. The zero-order chi connectivity index (χ0) is 15.4. The van der Waals surface area contributed by atoms with Crippen LogP contribution in [0.1, 0.15) is 39.0 Å². The van der Waals surface area contributed by atoms with E-state index in [2.05, 4.69) is 0 Å². The van der Waals surface area contributed by atoms with Crippen LogP contribution in [0.2, 0.25) is 0 Å². The Morgan fingerprint density at radius 3 is 2.24 bits per heavy atom. The SMILES string of the molecule is CCC(=O)N1CCCN(C(=O)[C@@H]2CCC[C@@H]2C(=O)O)CC1. The van der Waals surface area contributed by atoms with Gasteiger partial charge in [-0.1, -0.05) is 13.3 Å². The zero-order valence-corrected chi connectivity index (χ0v) is 12.6. The number of carbonyl (C=O) groups excluding carboxylic acids is 2. The van der Waals surface area contributed by atoms with Crippen molar-refractivity contribution in [3.63, 3.8) is 0 Å². The van der Waals surface area contributed by atoms with Gasteiger partial charge in [0.2, 0.25) is 11.8 Å². The van der Waals surface area contributed by atoms with Crippen LogP contribution in [-0.4, -0.2) is 58.9 Å². The molecule has 6 nitrogen and oxygen atoms in total. The summed E-state index contributed by atoms with van der Waals surface area (Å²) < 4.78 is 0. The van der Waals surface area contributed by atoms with Crippen molar-refractivity contribution in [3.05, 3.63) is 0 Å². The molecule has 0 bridgehead atoms. The molecule has 1 saturated carbocycles. The first-order valence-corrected chi connectivity index (χ1v) is 7.84. The topological polar surface area (TPSA) is 77.9 Å². The van der Waals surface area contributed by atoms with E-state index in [0.29, 0.717) is 45.4 Å². The predicted molar refractivity (Wildman–Crippen MR) is 76.5 cm³/mol. The van der Waals surface area contributed by atoms with Crippen molar-refractivity contribution in [1.82, 2.24) is 9.80 Å². The van der Waals surface area contributed by atoms with E-state index in [1.165, 1.54) is 0 Å². The van der Waals surface area contributed by atoms with E-state index in [1.54, 1.807) is 9.80 Å². The lowest BCUT2D eigenvalue weighted by Crippen LogP contribution is -2.41. The van der Waals surface area contributed by atoms with Crippen LogP contribution in [-0.2, 0) is 14.4 Å². The molecule has 2 amide bonds. The predicted octanol–water partition coefficient (Wildman–Crippen LogP) is 0.958. The molecule has 0 radical (unpaired) electrons. The van der Waals surface area contributed by atoms with Crippen molar-refractivity contribution in [3.8, 4) is 0 Å². The molecular weight excluding hydrogens is 272 g/mol. The van der Waals surface area contributed by atoms with Gasteiger partial charge < -0.3 is 14.9 Å². The largest absolute Gasteiger partial charge is 0.481 e. The molecule has 1 saturated heterocycles. The number of carboxylic acid groups (broad SMARTS) is 1. The highest BCUT2D eigenvalue weighted by molar-refractivity contribution is 5.85. The highest BCUT2D eigenvalue weighted by atomic mass is 16.4. The number of carboxylic acids is 1. The third kappa shape index (κ3) is 3.54. The van der Waals surface area contributed by atoms with Crippen molar-refractivity contribution in [2.75, 3.05) is 26.2 Å². The average Bonchev–Trinajstić information content (AvgIpc) is 2.84. The number of amides is 2. The van der Waals surface area contributed by atoms with Gasteiger partial charge in [0.25, 0.3) is 0 Å². The Bertz CT molecular complexity index is 424. The van der Waals surface area contributed by atoms with Gasteiger partial charge in [-0.3, -0.25) is 14.4 Å². The molecule has 0 unspecified atom stereocenters. The molecule has 118 valence electrons. The maximum absolute atomic E-state index is 12.6. The Labute approximate surface area is 125 Å². The van der Waals surface area contributed by atoms with Gasteiger partial charge in [-0.05, 0) is 19.3 Å². The summed E-state index contributed by atoms with van der Waals surface area (Å²) in [6.07, 6.45) is 3.32. The minimum absolute atomic E-state index is 0.0364. The third-order valence-corrected chi connectivity index (χ3v) is 4.61. The molecule has 0 aromatic carbocycles. The molecule has 1 aliphatic heterocycles. The van der Waals surface area contributed by atoms with E-state index in [4.69, 9.17) is 0 Å². The summed E-state index contributed by atoms with van der Waals surface area (Å²) in [5.74, 6) is -1.69. The van der Waals surface area contributed by atoms with Gasteiger partial charge in [0, 0.05) is 32.6 Å². The van der Waals surface area contributed by atoms with Crippen LogP contribution in [0.15, 0.2) is 0 Å². The summed E-state index contributed by atoms with van der Waals surface area (Å²) in [6, 6.07) is 0. The Kier molecular flexibility index (Phi) is 5.20. The number of rotatable bonds is 3. The van der Waals surface area contributed by atoms with E-state index in [9.17, 15) is 19.5 Å². The standard InChI is InChI=1S/C15H24N2O4/c1-2-13(18)16-7-4-8-17(10-9-16)14(19)11-5-3-6-12(11)15(20)21/h11-12H,2-10H2,1H3,(H,20,21)/t11-,12+/m1/s1. The van der Waals surface area contributed by atoms with E-state index in [-0.39, 0.29) is 17.7 Å². The summed E-state index contributed by atoms with van der Waals surface area (Å²) in [7, 11) is 0. The first kappa shape index (κ1) is 15.8. The molecular formula is C15H24N2O4. The van der Waals surface area contributed by atoms with Crippen LogP contribution < -0.4 is 0 Å². The molecule has 0 aromatic heterocycles. The molecule has 6 heteroatoms. The van der Waals surface area contributed by atoms with Crippen molar-refractivity contribution in [1.29, 1.82) is 0 Å². The fourth-order valence-corrected chi connectivity index (χ4v) is 3.40. The van der Waals surface area contributed by atoms with Crippen molar-refractivity contribution in [2.24, 2.45) is 11.8 Å². The van der Waals surface area contributed by atoms with Crippen LogP contribution >= 0.6 is 0 Å². The highest BCUT2D eigenvalue weighted by Crippen LogP contribution is 2.33. The second kappa shape index (κ2) is 6.91. The normalized spacial score (nSPS) is 26.5. The molecule has 1 heterocycles. The van der Waals surface area contributed by atoms with Crippen LogP contribution in [0.3, 0.4) is 0 Å². The number of hydrogen-bond acceptors (Lipinski definition) is 3. The Hall–Kier alpha value is -1.59. The van der Waals surface area contributed by atoms with Gasteiger partial charge in [0.05, 0.1) is 11.8 Å². The third-order valence-electron chi connectivity index (χ3n) is 4.61. The van der Waals surface area contributed by atoms with Gasteiger partial charge in [-0.15, -0.1) is 0 Å². The lowest BCUT2D eigenvalue weighted by molar-refractivity contribution is -0.149. The second-order valence-electron chi connectivity index (χ2n) is 5.90. The summed E-state index contributed by atoms with van der Waals surface area (Å²) in [6.45, 7) is 4.22. The summed E-state index contributed by atoms with van der Waals surface area (Å²) in [4.78, 5) is 39.1. The summed E-state index contributed by atoms with van der Waals surface area (Å²) >= 11 is 0. The molecule has 2 rings (SSSR count). The van der Waals surface area contributed by atoms with Crippen LogP contribution in [0.25, 0.3) is 0 Å². The molecule has 2 aliphatic rings. The maximum atomic E-state index is 12.6. The van der Waals surface area contributed by atoms with Crippen LogP contribution in [0.5, 0.6) is 0 Å². The zero-order valence-electron chi connectivity index (χ0n) is 12.6. The van der Waals surface area contributed by atoms with Crippen molar-refractivity contribution < 1.29 is 19.5 Å². The van der Waals surface area contributed by atoms with Crippen molar-refractivity contribution >= 4 is 17.8 Å². The Balaban J connectivity index is 1.97. The first-order valence-electron chi connectivity index (χ1n) is 7.84. The number of carbonyl (C=O) groups is 3. The van der Waals surface area contributed by atoms with E-state index < -0.39 is 11.9 Å². The maximum Gasteiger partial charge on any atom is 0.307 e. The molecule has 0 aromatic rings. The van der Waals surface area contributed by atoms with Crippen LogP contribution in [0, 0.1) is 11.8 Å². The quantitative estimate of drug-likeness (QED) is 0.841. The van der Waals surface area contributed by atoms with E-state index in [1.807, 2.05) is 6.92 Å². The molecule has 0 spiro atoms. The fraction of sp³-hybridized carbons (Fsp3) is 0.800. The lowest BCUT2D eigenvalue weighted by Gasteiger charge is -2.26. The molecule has 2 atom stereocenters. The first-order chi connectivity index (χ1) is 10.0. The second-order valence-corrected chi connectivity index (χ2v) is 5.90. The number of nitrogens with zero attached hydrogens (tertiary/aromatic N) is 2. The highest BCUT2D eigenvalue weighted by Gasteiger charge is 2.40. The Morgan fingerprint density at radius 1 is 0.952 bits per heavy atom. The van der Waals surface area contributed by atoms with E-state index >= 15 is 0 Å². The minimum Gasteiger partial charge on any atom is -0.481 e. The van der Waals surface area contributed by atoms with Gasteiger partial charge in [0.15, 0.2) is 0 Å². The van der Waals surface area contributed by atoms with Crippen molar-refractivity contribution in [2.45, 2.75) is 39.0 Å². The summed E-state index contributed by atoms with van der Waals surface area (Å²) in [5, 5.41) is 9.21. The minimum atomic E-state index is -0.858. The van der Waals surface area contributed by atoms with Gasteiger partial charge in [-0.25, -0.2) is 0 Å². The van der Waals surface area contributed by atoms with Gasteiger partial charge in [-0.2, -0.15) is 0 Å².